The van der Waals surface area contributed by atoms with E-state index in [1.165, 1.54) is 0 Å². The van der Waals surface area contributed by atoms with Crippen LogP contribution in [0.1, 0.15) is 20.3 Å². The van der Waals surface area contributed by atoms with E-state index in [1.807, 2.05) is 13.8 Å². The summed E-state index contributed by atoms with van der Waals surface area (Å²) in [6.45, 7) is 7.66. The number of rotatable bonds is 4. The summed E-state index contributed by atoms with van der Waals surface area (Å²) < 4.78 is 0. The van der Waals surface area contributed by atoms with Crippen molar-refractivity contribution in [3.8, 4) is 0 Å². The fourth-order valence-corrected chi connectivity index (χ4v) is 0.695. The summed E-state index contributed by atoms with van der Waals surface area (Å²) in [7, 11) is 0. The average molecular weight is 163 g/mol. The normalized spacial score (nSPS) is 13.7. The van der Waals surface area contributed by atoms with Gasteiger partial charge in [0, 0.05) is 5.88 Å². The van der Waals surface area contributed by atoms with Crippen molar-refractivity contribution in [1.29, 1.82) is 0 Å². The zero-order valence-corrected chi connectivity index (χ0v) is 7.36. The van der Waals surface area contributed by atoms with Gasteiger partial charge in [-0.2, -0.15) is 0 Å². The molecule has 2 heteroatoms. The molecule has 0 aliphatic heterocycles. The Morgan fingerprint density at radius 3 is 2.40 bits per heavy atom. The fourth-order valence-electron chi connectivity index (χ4n) is 0.586. The predicted octanol–water partition coefficient (Wildman–Crippen LogP) is 2.19. The zero-order chi connectivity index (χ0) is 8.15. The van der Waals surface area contributed by atoms with Gasteiger partial charge in [-0.1, -0.05) is 26.0 Å². The number of aliphatic hydroxyl groups excluding tert-OH is 1. The molecule has 0 radical (unpaired) electrons. The third kappa shape index (κ3) is 3.91. The van der Waals surface area contributed by atoms with Gasteiger partial charge in [0.2, 0.25) is 0 Å². The highest BCUT2D eigenvalue weighted by Gasteiger charge is 2.09. The molecule has 0 saturated heterocycles. The molecule has 0 aromatic rings. The molecule has 0 fully saturated rings. The van der Waals surface area contributed by atoms with Gasteiger partial charge in [0.15, 0.2) is 0 Å². The Hall–Kier alpha value is -0.0100. The predicted molar refractivity (Wildman–Crippen MR) is 45.3 cm³/mol. The molecule has 1 nitrogen and oxygen atoms in total. The molecule has 10 heavy (non-hydrogen) atoms. The zero-order valence-electron chi connectivity index (χ0n) is 6.60. The van der Waals surface area contributed by atoms with E-state index in [1.54, 1.807) is 0 Å². The number of hydrogen-bond acceptors (Lipinski definition) is 1. The molecule has 1 unspecified atom stereocenters. The first-order chi connectivity index (χ1) is 4.57. The van der Waals surface area contributed by atoms with Crippen molar-refractivity contribution in [3.63, 3.8) is 0 Å². The van der Waals surface area contributed by atoms with Crippen molar-refractivity contribution < 1.29 is 5.11 Å². The van der Waals surface area contributed by atoms with Crippen LogP contribution in [0.4, 0.5) is 0 Å². The molecule has 0 aliphatic rings. The first-order valence-electron chi connectivity index (χ1n) is 3.48. The maximum atomic E-state index is 9.31. The third-order valence-corrected chi connectivity index (χ3v) is 1.83. The Bertz CT molecular complexity index is 110. The number of alkyl halides is 1. The summed E-state index contributed by atoms with van der Waals surface area (Å²) in [6.07, 6.45) is 0.340. The molecule has 60 valence electrons. The standard InChI is InChI=1S/C8H15ClO/c1-6(2)8(10)4-7(3)5-9/h6,8,10H,3-5H2,1-2H3. The summed E-state index contributed by atoms with van der Waals surface area (Å²) in [5, 5.41) is 9.31. The van der Waals surface area contributed by atoms with Gasteiger partial charge in [0.1, 0.15) is 0 Å². The van der Waals surface area contributed by atoms with Crippen LogP contribution >= 0.6 is 11.6 Å². The first kappa shape index (κ1) is 9.99. The van der Waals surface area contributed by atoms with Crippen molar-refractivity contribution in [3.05, 3.63) is 12.2 Å². The van der Waals surface area contributed by atoms with Crippen molar-refractivity contribution >= 4 is 11.6 Å². The van der Waals surface area contributed by atoms with Crippen LogP contribution in [-0.4, -0.2) is 17.1 Å². The topological polar surface area (TPSA) is 20.2 Å². The SMILES string of the molecule is C=C(CCl)CC(O)C(C)C. The van der Waals surface area contributed by atoms with E-state index in [4.69, 9.17) is 11.6 Å². The van der Waals surface area contributed by atoms with Crippen LogP contribution in [0.3, 0.4) is 0 Å². The number of hydrogen-bond donors (Lipinski definition) is 1. The first-order valence-corrected chi connectivity index (χ1v) is 4.02. The summed E-state index contributed by atoms with van der Waals surface area (Å²) in [5.41, 5.74) is 0.905. The summed E-state index contributed by atoms with van der Waals surface area (Å²) in [6, 6.07) is 0. The quantitative estimate of drug-likeness (QED) is 0.497. The monoisotopic (exact) mass is 162 g/mol. The Morgan fingerprint density at radius 2 is 2.10 bits per heavy atom. The molecule has 0 aromatic heterocycles. The van der Waals surface area contributed by atoms with E-state index >= 15 is 0 Å². The second-order valence-electron chi connectivity index (χ2n) is 2.90. The van der Waals surface area contributed by atoms with Gasteiger partial charge in [-0.3, -0.25) is 0 Å². The molecule has 0 saturated carbocycles. The van der Waals surface area contributed by atoms with Gasteiger partial charge in [0.25, 0.3) is 0 Å². The van der Waals surface area contributed by atoms with Crippen LogP contribution in [0.25, 0.3) is 0 Å². The summed E-state index contributed by atoms with van der Waals surface area (Å²) >= 11 is 5.49. The van der Waals surface area contributed by atoms with Gasteiger partial charge in [-0.05, 0) is 12.3 Å². The highest BCUT2D eigenvalue weighted by Crippen LogP contribution is 2.11. The Balaban J connectivity index is 3.57. The molecule has 0 bridgehead atoms. The van der Waals surface area contributed by atoms with E-state index in [0.29, 0.717) is 18.2 Å². The van der Waals surface area contributed by atoms with Crippen molar-refractivity contribution in [1.82, 2.24) is 0 Å². The van der Waals surface area contributed by atoms with Crippen molar-refractivity contribution in [2.45, 2.75) is 26.4 Å². The number of aliphatic hydroxyl groups is 1. The second-order valence-corrected chi connectivity index (χ2v) is 3.17. The van der Waals surface area contributed by atoms with Gasteiger partial charge in [-0.25, -0.2) is 0 Å². The van der Waals surface area contributed by atoms with Crippen LogP contribution in [0.2, 0.25) is 0 Å². The number of halogens is 1. The Labute approximate surface area is 67.7 Å². The van der Waals surface area contributed by atoms with Gasteiger partial charge < -0.3 is 5.11 Å². The average Bonchev–Trinajstić information content (AvgIpc) is 1.87. The smallest absolute Gasteiger partial charge is 0.0600 e. The minimum absolute atomic E-state index is 0.286. The second kappa shape index (κ2) is 4.75. The maximum Gasteiger partial charge on any atom is 0.0600 e. The lowest BCUT2D eigenvalue weighted by Gasteiger charge is -2.14. The molecular weight excluding hydrogens is 148 g/mol. The van der Waals surface area contributed by atoms with E-state index < -0.39 is 0 Å². The van der Waals surface area contributed by atoms with Crippen molar-refractivity contribution in [2.24, 2.45) is 5.92 Å². The van der Waals surface area contributed by atoms with Gasteiger partial charge >= 0.3 is 0 Å². The maximum absolute atomic E-state index is 9.31. The third-order valence-electron chi connectivity index (χ3n) is 1.46. The fraction of sp³-hybridized carbons (Fsp3) is 0.750. The van der Waals surface area contributed by atoms with E-state index in [2.05, 4.69) is 6.58 Å². The van der Waals surface area contributed by atoms with E-state index in [0.717, 1.165) is 5.57 Å². The molecule has 1 atom stereocenters. The largest absolute Gasteiger partial charge is 0.393 e. The molecule has 0 heterocycles. The Morgan fingerprint density at radius 1 is 1.60 bits per heavy atom. The van der Waals surface area contributed by atoms with E-state index in [9.17, 15) is 5.11 Å². The van der Waals surface area contributed by atoms with Gasteiger partial charge in [-0.15, -0.1) is 11.6 Å². The lowest BCUT2D eigenvalue weighted by molar-refractivity contribution is 0.126. The molecule has 0 aromatic carbocycles. The molecule has 1 N–H and O–H groups in total. The molecule has 0 aliphatic carbocycles. The molecule has 0 spiro atoms. The molecular formula is C8H15ClO. The van der Waals surface area contributed by atoms with E-state index in [-0.39, 0.29) is 6.10 Å². The van der Waals surface area contributed by atoms with Crippen LogP contribution in [0.5, 0.6) is 0 Å². The minimum atomic E-state index is -0.286. The summed E-state index contributed by atoms with van der Waals surface area (Å²) in [4.78, 5) is 0. The van der Waals surface area contributed by atoms with Crippen molar-refractivity contribution in [2.75, 3.05) is 5.88 Å². The summed E-state index contributed by atoms with van der Waals surface area (Å²) in [5.74, 6) is 0.740. The van der Waals surface area contributed by atoms with Crippen LogP contribution in [0.15, 0.2) is 12.2 Å². The lowest BCUT2D eigenvalue weighted by atomic mass is 10.0. The minimum Gasteiger partial charge on any atom is -0.393 e. The highest BCUT2D eigenvalue weighted by molar-refractivity contribution is 6.19. The van der Waals surface area contributed by atoms with Crippen LogP contribution in [-0.2, 0) is 0 Å². The molecule has 0 amide bonds. The van der Waals surface area contributed by atoms with Crippen LogP contribution < -0.4 is 0 Å². The van der Waals surface area contributed by atoms with Crippen LogP contribution in [0, 0.1) is 5.92 Å². The molecule has 0 rings (SSSR count). The highest BCUT2D eigenvalue weighted by atomic mass is 35.5. The Kier molecular flexibility index (Phi) is 4.75. The lowest BCUT2D eigenvalue weighted by Crippen LogP contribution is -2.15. The van der Waals surface area contributed by atoms with Gasteiger partial charge in [0.05, 0.1) is 6.10 Å².